The van der Waals surface area contributed by atoms with Crippen LogP contribution in [0.2, 0.25) is 0 Å². The average molecular weight is 313 g/mol. The molecule has 1 aromatic carbocycles. The summed E-state index contributed by atoms with van der Waals surface area (Å²) in [6, 6.07) is 6.08. The van der Waals surface area contributed by atoms with Gasteiger partial charge in [0.05, 0.1) is 12.8 Å². The van der Waals surface area contributed by atoms with Crippen molar-refractivity contribution in [2.24, 2.45) is 5.92 Å². The van der Waals surface area contributed by atoms with E-state index in [1.165, 1.54) is 0 Å². The molecule has 0 spiro atoms. The number of benzene rings is 1. The van der Waals surface area contributed by atoms with E-state index < -0.39 is 0 Å². The Labute approximate surface area is 137 Å². The Kier molecular flexibility index (Phi) is 4.48. The molecule has 1 atom stereocenters. The Morgan fingerprint density at radius 3 is 2.78 bits per heavy atom. The lowest BCUT2D eigenvalue weighted by atomic mass is 9.99. The second-order valence-electron chi connectivity index (χ2n) is 6.12. The number of methoxy groups -OCH3 is 1. The number of nitrogens with zero attached hydrogens (tertiary/aromatic N) is 3. The summed E-state index contributed by atoms with van der Waals surface area (Å²) >= 11 is 0. The molecule has 2 heterocycles. The Balaban J connectivity index is 2.05. The van der Waals surface area contributed by atoms with Crippen LogP contribution in [0.15, 0.2) is 24.5 Å². The van der Waals surface area contributed by atoms with Gasteiger partial charge in [0.2, 0.25) is 0 Å². The molecule has 1 fully saturated rings. The van der Waals surface area contributed by atoms with Crippen LogP contribution in [0, 0.1) is 19.8 Å². The lowest BCUT2D eigenvalue weighted by molar-refractivity contribution is 0.238. The van der Waals surface area contributed by atoms with Crippen LogP contribution >= 0.6 is 0 Å². The molecule has 0 bridgehead atoms. The van der Waals surface area contributed by atoms with E-state index in [9.17, 15) is 5.11 Å². The number of aliphatic hydroxyl groups is 1. The van der Waals surface area contributed by atoms with Crippen molar-refractivity contribution in [3.8, 4) is 16.9 Å². The predicted octanol–water partition coefficient (Wildman–Crippen LogP) is 2.59. The fourth-order valence-electron chi connectivity index (χ4n) is 3.23. The molecule has 23 heavy (non-hydrogen) atoms. The summed E-state index contributed by atoms with van der Waals surface area (Å²) in [6.07, 6.45) is 2.62. The first kappa shape index (κ1) is 15.7. The summed E-state index contributed by atoms with van der Waals surface area (Å²) in [7, 11) is 1.68. The third kappa shape index (κ3) is 3.01. The largest absolute Gasteiger partial charge is 0.497 e. The van der Waals surface area contributed by atoms with Crippen LogP contribution in [0.3, 0.4) is 0 Å². The van der Waals surface area contributed by atoms with Gasteiger partial charge in [0.25, 0.3) is 0 Å². The fourth-order valence-corrected chi connectivity index (χ4v) is 3.23. The summed E-state index contributed by atoms with van der Waals surface area (Å²) in [5, 5.41) is 9.40. The highest BCUT2D eigenvalue weighted by atomic mass is 16.5. The van der Waals surface area contributed by atoms with Crippen molar-refractivity contribution < 1.29 is 9.84 Å². The zero-order valence-electron chi connectivity index (χ0n) is 13.9. The van der Waals surface area contributed by atoms with Crippen LogP contribution in [0.4, 0.5) is 5.82 Å². The molecule has 1 unspecified atom stereocenters. The fraction of sp³-hybridized carbons (Fsp3) is 0.444. The van der Waals surface area contributed by atoms with E-state index in [-0.39, 0.29) is 6.61 Å². The van der Waals surface area contributed by atoms with E-state index >= 15 is 0 Å². The molecule has 2 aromatic rings. The van der Waals surface area contributed by atoms with Crippen molar-refractivity contribution in [1.29, 1.82) is 0 Å². The van der Waals surface area contributed by atoms with E-state index in [1.54, 1.807) is 13.4 Å². The van der Waals surface area contributed by atoms with Crippen LogP contribution in [-0.2, 0) is 0 Å². The van der Waals surface area contributed by atoms with Crippen molar-refractivity contribution >= 4 is 5.82 Å². The molecular weight excluding hydrogens is 290 g/mol. The molecule has 3 rings (SSSR count). The molecule has 122 valence electrons. The van der Waals surface area contributed by atoms with E-state index in [0.29, 0.717) is 5.92 Å². The quantitative estimate of drug-likeness (QED) is 0.940. The highest BCUT2D eigenvalue weighted by Gasteiger charge is 2.26. The van der Waals surface area contributed by atoms with E-state index in [2.05, 4.69) is 27.9 Å². The van der Waals surface area contributed by atoms with Gasteiger partial charge in [-0.05, 0) is 43.5 Å². The molecule has 5 heteroatoms. The minimum atomic E-state index is 0.234. The Bertz CT molecular complexity index is 703. The van der Waals surface area contributed by atoms with Crippen molar-refractivity contribution in [3.63, 3.8) is 0 Å². The van der Waals surface area contributed by atoms with Crippen molar-refractivity contribution in [2.75, 3.05) is 31.7 Å². The molecule has 1 aliphatic rings. The summed E-state index contributed by atoms with van der Waals surface area (Å²) in [5.74, 6) is 2.14. The van der Waals surface area contributed by atoms with Gasteiger partial charge in [-0.15, -0.1) is 0 Å². The summed E-state index contributed by atoms with van der Waals surface area (Å²) in [5.41, 5.74) is 4.31. The monoisotopic (exact) mass is 313 g/mol. The van der Waals surface area contributed by atoms with Crippen LogP contribution in [0.25, 0.3) is 11.1 Å². The maximum Gasteiger partial charge on any atom is 0.140 e. The van der Waals surface area contributed by atoms with Gasteiger partial charge < -0.3 is 14.7 Å². The van der Waals surface area contributed by atoms with Gasteiger partial charge in [-0.25, -0.2) is 9.97 Å². The summed E-state index contributed by atoms with van der Waals surface area (Å²) < 4.78 is 5.31. The highest BCUT2D eigenvalue weighted by molar-refractivity contribution is 5.80. The van der Waals surface area contributed by atoms with Gasteiger partial charge in [0, 0.05) is 31.2 Å². The molecule has 0 amide bonds. The highest BCUT2D eigenvalue weighted by Crippen LogP contribution is 2.36. The van der Waals surface area contributed by atoms with Gasteiger partial charge >= 0.3 is 0 Å². The van der Waals surface area contributed by atoms with E-state index in [0.717, 1.165) is 53.5 Å². The maximum absolute atomic E-state index is 9.40. The van der Waals surface area contributed by atoms with Crippen LogP contribution in [-0.4, -0.2) is 41.9 Å². The Morgan fingerprint density at radius 1 is 1.30 bits per heavy atom. The maximum atomic E-state index is 9.40. The van der Waals surface area contributed by atoms with Gasteiger partial charge in [-0.3, -0.25) is 0 Å². The minimum absolute atomic E-state index is 0.234. The number of ether oxygens (including phenoxy) is 1. The molecular formula is C18H23N3O2. The van der Waals surface area contributed by atoms with Crippen molar-refractivity contribution in [2.45, 2.75) is 20.3 Å². The Morgan fingerprint density at radius 2 is 2.13 bits per heavy atom. The van der Waals surface area contributed by atoms with Crippen molar-refractivity contribution in [1.82, 2.24) is 9.97 Å². The van der Waals surface area contributed by atoms with Crippen LogP contribution < -0.4 is 9.64 Å². The number of rotatable bonds is 4. The first-order chi connectivity index (χ1) is 11.1. The second kappa shape index (κ2) is 6.54. The zero-order chi connectivity index (χ0) is 16.4. The summed E-state index contributed by atoms with van der Waals surface area (Å²) in [4.78, 5) is 11.2. The molecule has 0 radical (unpaired) electrons. The topological polar surface area (TPSA) is 58.5 Å². The van der Waals surface area contributed by atoms with E-state index in [1.807, 2.05) is 19.1 Å². The normalized spacial score (nSPS) is 17.6. The molecule has 0 aliphatic carbocycles. The molecule has 1 aliphatic heterocycles. The molecule has 0 saturated carbocycles. The number of anilines is 1. The second-order valence-corrected chi connectivity index (χ2v) is 6.12. The van der Waals surface area contributed by atoms with Crippen LogP contribution in [0.5, 0.6) is 5.75 Å². The standard InChI is InChI=1S/C18H23N3O2/c1-12-8-15(23-3)4-5-16(12)17-13(2)19-11-20-18(17)21-7-6-14(9-21)10-22/h4-5,8,11,14,22H,6-7,9-10H2,1-3H3. The van der Waals surface area contributed by atoms with Gasteiger partial charge in [-0.1, -0.05) is 6.07 Å². The van der Waals surface area contributed by atoms with Crippen LogP contribution in [0.1, 0.15) is 17.7 Å². The van der Waals surface area contributed by atoms with Gasteiger partial charge in [-0.2, -0.15) is 0 Å². The first-order valence-corrected chi connectivity index (χ1v) is 7.96. The average Bonchev–Trinajstić information content (AvgIpc) is 3.04. The summed E-state index contributed by atoms with van der Waals surface area (Å²) in [6.45, 7) is 6.09. The number of aromatic nitrogens is 2. The zero-order valence-corrected chi connectivity index (χ0v) is 13.9. The SMILES string of the molecule is COc1ccc(-c2c(C)ncnc2N2CCC(CO)C2)c(C)c1. The van der Waals surface area contributed by atoms with Gasteiger partial charge in [0.1, 0.15) is 17.9 Å². The minimum Gasteiger partial charge on any atom is -0.497 e. The van der Waals surface area contributed by atoms with Crippen molar-refractivity contribution in [3.05, 3.63) is 35.8 Å². The first-order valence-electron chi connectivity index (χ1n) is 7.96. The predicted molar refractivity (Wildman–Crippen MR) is 90.9 cm³/mol. The molecule has 1 saturated heterocycles. The third-order valence-electron chi connectivity index (χ3n) is 4.56. The lowest BCUT2D eigenvalue weighted by Gasteiger charge is -2.22. The van der Waals surface area contributed by atoms with E-state index in [4.69, 9.17) is 4.74 Å². The lowest BCUT2D eigenvalue weighted by Crippen LogP contribution is -2.23. The smallest absolute Gasteiger partial charge is 0.140 e. The molecule has 5 nitrogen and oxygen atoms in total. The molecule has 1 N–H and O–H groups in total. The molecule has 1 aromatic heterocycles. The number of aliphatic hydroxyl groups excluding tert-OH is 1. The third-order valence-corrected chi connectivity index (χ3v) is 4.56. The number of hydrogen-bond donors (Lipinski definition) is 1. The number of hydrogen-bond acceptors (Lipinski definition) is 5. The van der Waals surface area contributed by atoms with Gasteiger partial charge in [0.15, 0.2) is 0 Å². The number of aryl methyl sites for hydroxylation is 2. The Hall–Kier alpha value is -2.14.